The first-order valence-corrected chi connectivity index (χ1v) is 8.90. The normalized spacial score (nSPS) is 27.0. The molecule has 2 atom stereocenters. The maximum atomic E-state index is 12.1. The van der Waals surface area contributed by atoms with Gasteiger partial charge in [-0.3, -0.25) is 0 Å². The van der Waals surface area contributed by atoms with Crippen molar-refractivity contribution in [3.63, 3.8) is 0 Å². The Kier molecular flexibility index (Phi) is 6.81. The summed E-state index contributed by atoms with van der Waals surface area (Å²) in [5.41, 5.74) is 0. The second kappa shape index (κ2) is 8.62. The summed E-state index contributed by atoms with van der Waals surface area (Å²) in [6.45, 7) is 6.28. The lowest BCUT2D eigenvalue weighted by atomic mass is 9.89. The molecular weight excluding hydrogens is 264 g/mol. The Hall–Kier alpha value is -0.770. The van der Waals surface area contributed by atoms with Gasteiger partial charge in [0.2, 0.25) is 0 Å². The van der Waals surface area contributed by atoms with Crippen LogP contribution in [-0.2, 0) is 4.74 Å². The minimum atomic E-state index is -0.128. The van der Waals surface area contributed by atoms with Crippen molar-refractivity contribution < 1.29 is 9.53 Å². The van der Waals surface area contributed by atoms with E-state index in [0.717, 1.165) is 13.1 Å². The molecule has 0 aromatic carbocycles. The van der Waals surface area contributed by atoms with Gasteiger partial charge in [-0.1, -0.05) is 32.6 Å². The largest absolute Gasteiger partial charge is 0.450 e. The zero-order valence-electron chi connectivity index (χ0n) is 13.8. The first kappa shape index (κ1) is 16.6. The van der Waals surface area contributed by atoms with Crippen molar-refractivity contribution in [1.82, 2.24) is 10.2 Å². The van der Waals surface area contributed by atoms with Gasteiger partial charge in [-0.05, 0) is 38.5 Å². The van der Waals surface area contributed by atoms with Crippen molar-refractivity contribution >= 4 is 6.09 Å². The smallest absolute Gasteiger partial charge is 0.409 e. The van der Waals surface area contributed by atoms with Gasteiger partial charge in [0, 0.05) is 25.2 Å². The van der Waals surface area contributed by atoms with Gasteiger partial charge in [0.25, 0.3) is 0 Å². The molecule has 4 nitrogen and oxygen atoms in total. The summed E-state index contributed by atoms with van der Waals surface area (Å²) in [7, 11) is 0. The number of amides is 1. The van der Waals surface area contributed by atoms with Crippen LogP contribution in [0.4, 0.5) is 4.79 Å². The quantitative estimate of drug-likeness (QED) is 0.815. The predicted molar refractivity (Wildman–Crippen MR) is 85.4 cm³/mol. The van der Waals surface area contributed by atoms with E-state index in [4.69, 9.17) is 4.74 Å². The van der Waals surface area contributed by atoms with Crippen molar-refractivity contribution in [1.29, 1.82) is 0 Å². The van der Waals surface area contributed by atoms with Crippen LogP contribution in [0.3, 0.4) is 0 Å². The maximum absolute atomic E-state index is 12.1. The molecular formula is C17H32N2O2. The highest BCUT2D eigenvalue weighted by molar-refractivity contribution is 5.67. The Labute approximate surface area is 129 Å². The van der Waals surface area contributed by atoms with Gasteiger partial charge in [0.1, 0.15) is 0 Å². The molecule has 122 valence electrons. The molecule has 2 unspecified atom stereocenters. The van der Waals surface area contributed by atoms with Crippen LogP contribution in [0.15, 0.2) is 0 Å². The summed E-state index contributed by atoms with van der Waals surface area (Å²) >= 11 is 0. The average molecular weight is 296 g/mol. The van der Waals surface area contributed by atoms with Gasteiger partial charge in [-0.2, -0.15) is 0 Å². The van der Waals surface area contributed by atoms with E-state index >= 15 is 0 Å². The number of nitrogens with zero attached hydrogens (tertiary/aromatic N) is 1. The summed E-state index contributed by atoms with van der Waals surface area (Å²) < 4.78 is 5.21. The van der Waals surface area contributed by atoms with Crippen LogP contribution >= 0.6 is 0 Å². The molecule has 1 N–H and O–H groups in total. The summed E-state index contributed by atoms with van der Waals surface area (Å²) in [5.74, 6) is 0.627. The molecule has 1 saturated heterocycles. The Morgan fingerprint density at radius 3 is 2.62 bits per heavy atom. The predicted octanol–water partition coefficient (Wildman–Crippen LogP) is 3.56. The lowest BCUT2D eigenvalue weighted by molar-refractivity contribution is 0.0752. The van der Waals surface area contributed by atoms with Crippen LogP contribution in [-0.4, -0.2) is 42.8 Å². The number of rotatable bonds is 6. The molecule has 0 spiro atoms. The van der Waals surface area contributed by atoms with Gasteiger partial charge < -0.3 is 15.0 Å². The summed E-state index contributed by atoms with van der Waals surface area (Å²) in [4.78, 5) is 14.0. The van der Waals surface area contributed by atoms with Crippen LogP contribution < -0.4 is 5.32 Å². The molecule has 1 aliphatic carbocycles. The van der Waals surface area contributed by atoms with E-state index in [9.17, 15) is 4.79 Å². The number of piperidine rings is 1. The van der Waals surface area contributed by atoms with Crippen molar-refractivity contribution in [2.45, 2.75) is 77.3 Å². The van der Waals surface area contributed by atoms with Gasteiger partial charge in [-0.15, -0.1) is 0 Å². The highest BCUT2D eigenvalue weighted by atomic mass is 16.6. The summed E-state index contributed by atoms with van der Waals surface area (Å²) in [6, 6.07) is 1.12. The second-order valence-electron chi connectivity index (χ2n) is 6.69. The number of hydrogen-bond donors (Lipinski definition) is 1. The van der Waals surface area contributed by atoms with E-state index in [-0.39, 0.29) is 6.09 Å². The van der Waals surface area contributed by atoms with Gasteiger partial charge in [-0.25, -0.2) is 4.79 Å². The molecule has 0 aromatic heterocycles. The standard InChI is InChI=1S/C17H32N2O2/c1-3-5-8-14-11-16(18-15-9-6-7-10-15)13-19(12-14)17(20)21-4-2/h14-16,18H,3-13H2,1-2H3. The van der Waals surface area contributed by atoms with Crippen molar-refractivity contribution in [2.24, 2.45) is 5.92 Å². The molecule has 0 radical (unpaired) electrons. The van der Waals surface area contributed by atoms with E-state index in [1.165, 1.54) is 51.4 Å². The molecule has 0 aromatic rings. The fourth-order valence-corrected chi connectivity index (χ4v) is 3.82. The monoisotopic (exact) mass is 296 g/mol. The third-order valence-corrected chi connectivity index (χ3v) is 4.86. The summed E-state index contributed by atoms with van der Waals surface area (Å²) in [5, 5.41) is 3.80. The molecule has 21 heavy (non-hydrogen) atoms. The number of hydrogen-bond acceptors (Lipinski definition) is 3. The van der Waals surface area contributed by atoms with Crippen LogP contribution in [0.2, 0.25) is 0 Å². The SMILES string of the molecule is CCCCC1CC(NC2CCCC2)CN(C(=O)OCC)C1. The third kappa shape index (κ3) is 5.17. The zero-order valence-corrected chi connectivity index (χ0v) is 13.8. The van der Waals surface area contributed by atoms with Crippen LogP contribution in [0.5, 0.6) is 0 Å². The molecule has 0 bridgehead atoms. The van der Waals surface area contributed by atoms with E-state index in [1.807, 2.05) is 11.8 Å². The van der Waals surface area contributed by atoms with Crippen LogP contribution in [0.1, 0.15) is 65.2 Å². The molecule has 2 rings (SSSR count). The van der Waals surface area contributed by atoms with E-state index in [0.29, 0.717) is 24.6 Å². The first-order valence-electron chi connectivity index (χ1n) is 8.90. The number of ether oxygens (including phenoxy) is 1. The molecule has 1 saturated carbocycles. The lowest BCUT2D eigenvalue weighted by Gasteiger charge is -2.38. The molecule has 2 aliphatic rings. The average Bonchev–Trinajstić information content (AvgIpc) is 2.98. The molecule has 1 heterocycles. The summed E-state index contributed by atoms with van der Waals surface area (Å²) in [6.07, 6.45) is 10.1. The molecule has 2 fully saturated rings. The van der Waals surface area contributed by atoms with Gasteiger partial charge in [0.15, 0.2) is 0 Å². The number of nitrogens with one attached hydrogen (secondary N) is 1. The fourth-order valence-electron chi connectivity index (χ4n) is 3.82. The van der Waals surface area contributed by atoms with Gasteiger partial charge >= 0.3 is 6.09 Å². The van der Waals surface area contributed by atoms with E-state index in [2.05, 4.69) is 12.2 Å². The highest BCUT2D eigenvalue weighted by Gasteiger charge is 2.31. The van der Waals surface area contributed by atoms with Crippen molar-refractivity contribution in [3.05, 3.63) is 0 Å². The molecule has 1 aliphatic heterocycles. The Bertz CT molecular complexity index is 316. The third-order valence-electron chi connectivity index (χ3n) is 4.86. The zero-order chi connectivity index (χ0) is 15.1. The Morgan fingerprint density at radius 2 is 1.95 bits per heavy atom. The van der Waals surface area contributed by atoms with Gasteiger partial charge in [0.05, 0.1) is 6.61 Å². The first-order chi connectivity index (χ1) is 10.2. The number of carbonyl (C=O) groups is 1. The Balaban J connectivity index is 1.90. The minimum Gasteiger partial charge on any atom is -0.450 e. The second-order valence-corrected chi connectivity index (χ2v) is 6.69. The van der Waals surface area contributed by atoms with Crippen molar-refractivity contribution in [2.75, 3.05) is 19.7 Å². The minimum absolute atomic E-state index is 0.128. The number of unbranched alkanes of at least 4 members (excludes halogenated alkanes) is 1. The number of likely N-dealkylation sites (tertiary alicyclic amines) is 1. The van der Waals surface area contributed by atoms with E-state index in [1.54, 1.807) is 0 Å². The van der Waals surface area contributed by atoms with E-state index < -0.39 is 0 Å². The lowest BCUT2D eigenvalue weighted by Crippen LogP contribution is -2.53. The molecule has 4 heteroatoms. The Morgan fingerprint density at radius 1 is 1.19 bits per heavy atom. The number of carbonyl (C=O) groups excluding carboxylic acids is 1. The molecule has 1 amide bonds. The topological polar surface area (TPSA) is 41.6 Å². The maximum Gasteiger partial charge on any atom is 0.409 e. The van der Waals surface area contributed by atoms with Crippen molar-refractivity contribution in [3.8, 4) is 0 Å². The fraction of sp³-hybridized carbons (Fsp3) is 0.941. The highest BCUT2D eigenvalue weighted by Crippen LogP contribution is 2.25. The van der Waals surface area contributed by atoms with Crippen LogP contribution in [0, 0.1) is 5.92 Å². The van der Waals surface area contributed by atoms with Crippen LogP contribution in [0.25, 0.3) is 0 Å².